The summed E-state index contributed by atoms with van der Waals surface area (Å²) in [5.41, 5.74) is 11.6. The standard InChI is InChI=1S/C37H24N2/c1-3-11-25(12-4-1)28-21-29(26-13-5-2-6-14-26)23-30(22-28)27-19-20-32-33(24-27)31-15-7-9-17-35(31)39-36-18-10-8-16-34(36)38-37(32)39/h1-24H. The van der Waals surface area contributed by atoms with Crippen molar-refractivity contribution >= 4 is 38.4 Å². The molecule has 0 atom stereocenters. The summed E-state index contributed by atoms with van der Waals surface area (Å²) in [6.45, 7) is 0. The third-order valence-corrected chi connectivity index (χ3v) is 7.74. The molecule has 0 amide bonds. The molecule has 8 aromatic rings. The Morgan fingerprint density at radius 3 is 1.62 bits per heavy atom. The van der Waals surface area contributed by atoms with E-state index in [0.717, 1.165) is 22.1 Å². The van der Waals surface area contributed by atoms with Crippen LogP contribution in [-0.2, 0) is 0 Å². The van der Waals surface area contributed by atoms with Gasteiger partial charge in [0.05, 0.1) is 16.6 Å². The molecular formula is C37H24N2. The molecular weight excluding hydrogens is 472 g/mol. The van der Waals surface area contributed by atoms with E-state index in [4.69, 9.17) is 4.98 Å². The molecule has 182 valence electrons. The summed E-state index contributed by atoms with van der Waals surface area (Å²) in [5, 5.41) is 3.61. The van der Waals surface area contributed by atoms with Crippen LogP contribution in [0, 0.1) is 0 Å². The van der Waals surface area contributed by atoms with Gasteiger partial charge in [-0.05, 0) is 87.3 Å². The molecule has 0 saturated heterocycles. The maximum atomic E-state index is 5.07. The van der Waals surface area contributed by atoms with Gasteiger partial charge >= 0.3 is 0 Å². The highest BCUT2D eigenvalue weighted by Gasteiger charge is 2.15. The van der Waals surface area contributed by atoms with E-state index >= 15 is 0 Å². The highest BCUT2D eigenvalue weighted by Crippen LogP contribution is 2.37. The molecule has 0 aliphatic carbocycles. The Kier molecular flexibility index (Phi) is 4.86. The number of benzene rings is 6. The first-order valence-corrected chi connectivity index (χ1v) is 13.3. The molecule has 0 aliphatic rings. The first kappa shape index (κ1) is 21.8. The molecule has 0 radical (unpaired) electrons. The van der Waals surface area contributed by atoms with Crippen molar-refractivity contribution in [1.82, 2.24) is 9.38 Å². The molecule has 39 heavy (non-hydrogen) atoms. The van der Waals surface area contributed by atoms with Crippen LogP contribution in [0.1, 0.15) is 0 Å². The summed E-state index contributed by atoms with van der Waals surface area (Å²) in [6, 6.07) is 52.1. The van der Waals surface area contributed by atoms with Crippen molar-refractivity contribution in [3.05, 3.63) is 146 Å². The number of imidazole rings is 1. The fourth-order valence-electron chi connectivity index (χ4n) is 5.88. The monoisotopic (exact) mass is 496 g/mol. The van der Waals surface area contributed by atoms with Gasteiger partial charge in [0.15, 0.2) is 0 Å². The van der Waals surface area contributed by atoms with Gasteiger partial charge in [0.25, 0.3) is 0 Å². The van der Waals surface area contributed by atoms with E-state index in [1.54, 1.807) is 0 Å². The Morgan fingerprint density at radius 1 is 0.359 bits per heavy atom. The van der Waals surface area contributed by atoms with Crippen LogP contribution in [0.3, 0.4) is 0 Å². The summed E-state index contributed by atoms with van der Waals surface area (Å²) in [4.78, 5) is 5.07. The van der Waals surface area contributed by atoms with Gasteiger partial charge in [0.1, 0.15) is 5.65 Å². The van der Waals surface area contributed by atoms with Gasteiger partial charge in [-0.3, -0.25) is 4.40 Å². The molecule has 0 spiro atoms. The maximum absolute atomic E-state index is 5.07. The average molecular weight is 497 g/mol. The molecule has 0 fully saturated rings. The van der Waals surface area contributed by atoms with Gasteiger partial charge in [-0.1, -0.05) is 97.1 Å². The lowest BCUT2D eigenvalue weighted by molar-refractivity contribution is 1.31. The van der Waals surface area contributed by atoms with Crippen LogP contribution >= 0.6 is 0 Å². The molecule has 2 heterocycles. The Balaban J connectivity index is 1.42. The number of fused-ring (bicyclic) bond motifs is 8. The second-order valence-electron chi connectivity index (χ2n) is 10.1. The second-order valence-corrected chi connectivity index (χ2v) is 10.1. The highest BCUT2D eigenvalue weighted by molar-refractivity contribution is 6.14. The average Bonchev–Trinajstić information content (AvgIpc) is 3.42. The summed E-state index contributed by atoms with van der Waals surface area (Å²) in [6.07, 6.45) is 0. The van der Waals surface area contributed by atoms with Crippen LogP contribution in [-0.4, -0.2) is 9.38 Å². The molecule has 8 rings (SSSR count). The molecule has 2 aromatic heterocycles. The Labute approximate surface area is 226 Å². The number of aromatic nitrogens is 2. The van der Waals surface area contributed by atoms with Crippen molar-refractivity contribution in [3.63, 3.8) is 0 Å². The molecule has 0 N–H and O–H groups in total. The highest BCUT2D eigenvalue weighted by atomic mass is 15.0. The maximum Gasteiger partial charge on any atom is 0.146 e. The van der Waals surface area contributed by atoms with Gasteiger partial charge in [-0.2, -0.15) is 0 Å². The summed E-state index contributed by atoms with van der Waals surface area (Å²) in [5.74, 6) is 0. The minimum atomic E-state index is 1.000. The van der Waals surface area contributed by atoms with Crippen LogP contribution in [0.4, 0.5) is 0 Å². The zero-order chi connectivity index (χ0) is 25.8. The fraction of sp³-hybridized carbons (Fsp3) is 0. The quantitative estimate of drug-likeness (QED) is 0.223. The van der Waals surface area contributed by atoms with Crippen LogP contribution in [0.25, 0.3) is 71.7 Å². The topological polar surface area (TPSA) is 17.3 Å². The van der Waals surface area contributed by atoms with E-state index in [1.165, 1.54) is 49.7 Å². The van der Waals surface area contributed by atoms with E-state index in [1.807, 2.05) is 0 Å². The number of nitrogens with zero attached hydrogens (tertiary/aromatic N) is 2. The molecule has 6 aromatic carbocycles. The van der Waals surface area contributed by atoms with Gasteiger partial charge in [-0.25, -0.2) is 4.98 Å². The second kappa shape index (κ2) is 8.68. The lowest BCUT2D eigenvalue weighted by Gasteiger charge is -2.13. The largest absolute Gasteiger partial charge is 0.292 e. The minimum absolute atomic E-state index is 1.000. The summed E-state index contributed by atoms with van der Waals surface area (Å²) in [7, 11) is 0. The lowest BCUT2D eigenvalue weighted by atomic mass is 9.92. The number of rotatable bonds is 3. The fourth-order valence-corrected chi connectivity index (χ4v) is 5.88. The van der Waals surface area contributed by atoms with Crippen LogP contribution in [0.5, 0.6) is 0 Å². The van der Waals surface area contributed by atoms with Crippen LogP contribution in [0.15, 0.2) is 146 Å². The number of hydrogen-bond acceptors (Lipinski definition) is 1. The van der Waals surface area contributed by atoms with Crippen molar-refractivity contribution in [2.45, 2.75) is 0 Å². The summed E-state index contributed by atoms with van der Waals surface area (Å²) < 4.78 is 2.30. The van der Waals surface area contributed by atoms with E-state index < -0.39 is 0 Å². The lowest BCUT2D eigenvalue weighted by Crippen LogP contribution is -1.92. The number of hydrogen-bond donors (Lipinski definition) is 0. The molecule has 0 saturated carbocycles. The number of para-hydroxylation sites is 3. The molecule has 0 unspecified atom stereocenters. The minimum Gasteiger partial charge on any atom is -0.292 e. The van der Waals surface area contributed by atoms with Crippen molar-refractivity contribution in [1.29, 1.82) is 0 Å². The molecule has 2 nitrogen and oxygen atoms in total. The Bertz CT molecular complexity index is 2100. The SMILES string of the molecule is c1ccc(-c2cc(-c3ccccc3)cc(-c3ccc4c(c3)c3ccccc3n3c5ccccc5nc43)c2)cc1. The smallest absolute Gasteiger partial charge is 0.146 e. The van der Waals surface area contributed by atoms with E-state index in [9.17, 15) is 0 Å². The third kappa shape index (κ3) is 3.53. The molecule has 0 aliphatic heterocycles. The predicted molar refractivity (Wildman–Crippen MR) is 164 cm³/mol. The Morgan fingerprint density at radius 2 is 0.923 bits per heavy atom. The van der Waals surface area contributed by atoms with Crippen molar-refractivity contribution in [3.8, 4) is 33.4 Å². The van der Waals surface area contributed by atoms with Gasteiger partial charge < -0.3 is 0 Å². The predicted octanol–water partition coefficient (Wildman–Crippen LogP) is 9.79. The van der Waals surface area contributed by atoms with Crippen molar-refractivity contribution in [2.75, 3.05) is 0 Å². The Hall–Kier alpha value is -5.21. The normalized spacial score (nSPS) is 11.6. The first-order valence-electron chi connectivity index (χ1n) is 13.3. The molecule has 0 bridgehead atoms. The van der Waals surface area contributed by atoms with Gasteiger partial charge in [0, 0.05) is 10.8 Å². The van der Waals surface area contributed by atoms with E-state index in [2.05, 4.69) is 150 Å². The van der Waals surface area contributed by atoms with Crippen molar-refractivity contribution < 1.29 is 0 Å². The van der Waals surface area contributed by atoms with Crippen LogP contribution in [0.2, 0.25) is 0 Å². The van der Waals surface area contributed by atoms with Gasteiger partial charge in [-0.15, -0.1) is 0 Å². The van der Waals surface area contributed by atoms with E-state index in [0.29, 0.717) is 0 Å². The molecule has 2 heteroatoms. The van der Waals surface area contributed by atoms with E-state index in [-0.39, 0.29) is 0 Å². The van der Waals surface area contributed by atoms with Crippen molar-refractivity contribution in [2.24, 2.45) is 0 Å². The number of pyridine rings is 1. The zero-order valence-corrected chi connectivity index (χ0v) is 21.3. The van der Waals surface area contributed by atoms with Gasteiger partial charge in [0.2, 0.25) is 0 Å². The zero-order valence-electron chi connectivity index (χ0n) is 21.3. The summed E-state index contributed by atoms with van der Waals surface area (Å²) >= 11 is 0. The third-order valence-electron chi connectivity index (χ3n) is 7.74. The first-order chi connectivity index (χ1) is 19.3. The van der Waals surface area contributed by atoms with Crippen LogP contribution < -0.4 is 0 Å².